The molecule has 0 aliphatic carbocycles. The fraction of sp³-hybridized carbons (Fsp3) is 0.538. The average Bonchev–Trinajstić information content (AvgIpc) is 2.24. The predicted molar refractivity (Wildman–Crippen MR) is 68.7 cm³/mol. The quantitative estimate of drug-likeness (QED) is 0.882. The molecule has 0 spiro atoms. The number of rotatable bonds is 5. The Kier molecular flexibility index (Phi) is 5.37. The first kappa shape index (κ1) is 14.4. The Hall–Kier alpha value is -0.640. The van der Waals surface area contributed by atoms with Gasteiger partial charge in [0.15, 0.2) is 0 Å². The van der Waals surface area contributed by atoms with Crippen molar-refractivity contribution in [1.29, 1.82) is 0 Å². The normalized spacial score (nSPS) is 15.0. The summed E-state index contributed by atoms with van der Waals surface area (Å²) in [6.07, 6.45) is 0.541. The minimum absolute atomic E-state index is 0.0336. The molecule has 0 fully saturated rings. The first-order valence-electron chi connectivity index (χ1n) is 5.68. The van der Waals surface area contributed by atoms with Crippen molar-refractivity contribution in [3.8, 4) is 0 Å². The van der Waals surface area contributed by atoms with Crippen LogP contribution in [0.25, 0.3) is 0 Å². The van der Waals surface area contributed by atoms with Gasteiger partial charge >= 0.3 is 0 Å². The zero-order chi connectivity index (χ0) is 13.0. The van der Waals surface area contributed by atoms with E-state index in [9.17, 15) is 4.39 Å². The van der Waals surface area contributed by atoms with Gasteiger partial charge in [-0.15, -0.1) is 0 Å². The van der Waals surface area contributed by atoms with Crippen LogP contribution in [0.1, 0.15) is 19.4 Å². The Labute approximate surface area is 107 Å². The molecule has 0 saturated carbocycles. The van der Waals surface area contributed by atoms with E-state index in [1.54, 1.807) is 19.2 Å². The van der Waals surface area contributed by atoms with E-state index in [2.05, 4.69) is 13.8 Å². The predicted octanol–water partition coefficient (Wildman–Crippen LogP) is 3.02. The Morgan fingerprint density at radius 3 is 2.53 bits per heavy atom. The monoisotopic (exact) mass is 259 g/mol. The largest absolute Gasteiger partial charge is 0.380 e. The molecule has 1 aromatic rings. The fourth-order valence-corrected chi connectivity index (χ4v) is 2.11. The second-order valence-corrected chi connectivity index (χ2v) is 4.97. The maximum absolute atomic E-state index is 13.3. The van der Waals surface area contributed by atoms with Crippen LogP contribution in [0.3, 0.4) is 0 Å². The topological polar surface area (TPSA) is 35.2 Å². The van der Waals surface area contributed by atoms with Crippen LogP contribution in [0.4, 0.5) is 4.39 Å². The summed E-state index contributed by atoms with van der Waals surface area (Å²) in [7, 11) is 1.65. The molecule has 0 aliphatic rings. The van der Waals surface area contributed by atoms with Gasteiger partial charge in [-0.25, -0.2) is 4.39 Å². The van der Waals surface area contributed by atoms with Gasteiger partial charge < -0.3 is 10.5 Å². The van der Waals surface area contributed by atoms with E-state index in [0.29, 0.717) is 12.3 Å². The molecule has 0 saturated heterocycles. The summed E-state index contributed by atoms with van der Waals surface area (Å²) in [5, 5.41) is 0.134. The van der Waals surface area contributed by atoms with Gasteiger partial charge in [-0.05, 0) is 30.0 Å². The molecule has 96 valence electrons. The van der Waals surface area contributed by atoms with Crippen molar-refractivity contribution in [3.63, 3.8) is 0 Å². The summed E-state index contributed by atoms with van der Waals surface area (Å²) in [6, 6.07) is 4.62. The minimum atomic E-state index is -0.408. The molecule has 4 heteroatoms. The highest BCUT2D eigenvalue weighted by atomic mass is 35.5. The van der Waals surface area contributed by atoms with Crippen molar-refractivity contribution in [2.24, 2.45) is 11.7 Å². The number of methoxy groups -OCH3 is 1. The summed E-state index contributed by atoms with van der Waals surface area (Å²) < 4.78 is 18.6. The van der Waals surface area contributed by atoms with Crippen LogP contribution >= 0.6 is 11.6 Å². The van der Waals surface area contributed by atoms with Crippen LogP contribution in [0.15, 0.2) is 18.2 Å². The number of nitrogens with two attached hydrogens (primary N) is 1. The van der Waals surface area contributed by atoms with E-state index < -0.39 is 5.82 Å². The van der Waals surface area contributed by atoms with Gasteiger partial charge in [0, 0.05) is 13.2 Å². The molecule has 2 atom stereocenters. The van der Waals surface area contributed by atoms with Crippen LogP contribution in [0.2, 0.25) is 5.02 Å². The SMILES string of the molecule is COC(C(C)C)C(N)Cc1ccc(Cl)c(F)c1. The third-order valence-electron chi connectivity index (χ3n) is 2.81. The molecule has 0 amide bonds. The molecule has 0 heterocycles. The van der Waals surface area contributed by atoms with Crippen molar-refractivity contribution < 1.29 is 9.13 Å². The highest BCUT2D eigenvalue weighted by molar-refractivity contribution is 6.30. The highest BCUT2D eigenvalue weighted by Crippen LogP contribution is 2.18. The maximum Gasteiger partial charge on any atom is 0.142 e. The van der Waals surface area contributed by atoms with E-state index in [4.69, 9.17) is 22.1 Å². The molecule has 17 heavy (non-hydrogen) atoms. The van der Waals surface area contributed by atoms with Crippen molar-refractivity contribution in [1.82, 2.24) is 0 Å². The Balaban J connectivity index is 2.73. The van der Waals surface area contributed by atoms with Gasteiger partial charge in [0.2, 0.25) is 0 Å². The zero-order valence-corrected chi connectivity index (χ0v) is 11.2. The summed E-state index contributed by atoms with van der Waals surface area (Å²) >= 11 is 5.63. The van der Waals surface area contributed by atoms with Gasteiger partial charge in [-0.2, -0.15) is 0 Å². The average molecular weight is 260 g/mol. The van der Waals surface area contributed by atoms with E-state index in [1.807, 2.05) is 0 Å². The van der Waals surface area contributed by atoms with Gasteiger partial charge in [0.05, 0.1) is 11.1 Å². The Morgan fingerprint density at radius 2 is 2.06 bits per heavy atom. The van der Waals surface area contributed by atoms with Crippen molar-refractivity contribution in [2.75, 3.05) is 7.11 Å². The first-order chi connectivity index (χ1) is 7.95. The minimum Gasteiger partial charge on any atom is -0.380 e. The van der Waals surface area contributed by atoms with Crippen LogP contribution < -0.4 is 5.73 Å². The number of ether oxygens (including phenoxy) is 1. The van der Waals surface area contributed by atoms with Gasteiger partial charge in [0.1, 0.15) is 5.82 Å². The Morgan fingerprint density at radius 1 is 1.41 bits per heavy atom. The second kappa shape index (κ2) is 6.34. The van der Waals surface area contributed by atoms with E-state index in [0.717, 1.165) is 5.56 Å². The summed E-state index contributed by atoms with van der Waals surface area (Å²) in [5.74, 6) is -0.0815. The van der Waals surface area contributed by atoms with Crippen LogP contribution in [0.5, 0.6) is 0 Å². The third-order valence-corrected chi connectivity index (χ3v) is 3.11. The number of halogens is 2. The van der Waals surface area contributed by atoms with Crippen LogP contribution in [-0.4, -0.2) is 19.3 Å². The van der Waals surface area contributed by atoms with Crippen LogP contribution in [0, 0.1) is 11.7 Å². The molecule has 2 unspecified atom stereocenters. The molecule has 2 N–H and O–H groups in total. The van der Waals surface area contributed by atoms with Crippen molar-refractivity contribution in [3.05, 3.63) is 34.6 Å². The molecule has 0 aliphatic heterocycles. The lowest BCUT2D eigenvalue weighted by atomic mass is 9.94. The molecular weight excluding hydrogens is 241 g/mol. The van der Waals surface area contributed by atoms with E-state index >= 15 is 0 Å². The lowest BCUT2D eigenvalue weighted by Crippen LogP contribution is -2.41. The first-order valence-corrected chi connectivity index (χ1v) is 6.05. The molecule has 2 nitrogen and oxygen atoms in total. The molecule has 0 aromatic heterocycles. The van der Waals surface area contributed by atoms with E-state index in [1.165, 1.54) is 6.07 Å². The second-order valence-electron chi connectivity index (χ2n) is 4.56. The summed E-state index contributed by atoms with van der Waals surface area (Å²) in [6.45, 7) is 4.10. The van der Waals surface area contributed by atoms with Gasteiger partial charge in [-0.3, -0.25) is 0 Å². The van der Waals surface area contributed by atoms with Crippen molar-refractivity contribution in [2.45, 2.75) is 32.4 Å². The Bertz CT molecular complexity index is 370. The standard InChI is InChI=1S/C13H19ClFNO/c1-8(2)13(17-3)12(16)7-9-4-5-10(14)11(15)6-9/h4-6,8,12-13H,7,16H2,1-3H3. The fourth-order valence-electron chi connectivity index (χ4n) is 2.00. The maximum atomic E-state index is 13.3. The van der Waals surface area contributed by atoms with Crippen LogP contribution in [-0.2, 0) is 11.2 Å². The van der Waals surface area contributed by atoms with Crippen molar-refractivity contribution >= 4 is 11.6 Å². The lowest BCUT2D eigenvalue weighted by molar-refractivity contribution is 0.0441. The molecule has 0 bridgehead atoms. The zero-order valence-electron chi connectivity index (χ0n) is 10.4. The van der Waals surface area contributed by atoms with E-state index in [-0.39, 0.29) is 17.2 Å². The third kappa shape index (κ3) is 3.95. The van der Waals surface area contributed by atoms with Gasteiger partial charge in [0.25, 0.3) is 0 Å². The molecule has 1 aromatic carbocycles. The van der Waals surface area contributed by atoms with Gasteiger partial charge in [-0.1, -0.05) is 31.5 Å². The highest BCUT2D eigenvalue weighted by Gasteiger charge is 2.21. The smallest absolute Gasteiger partial charge is 0.142 e. The number of benzene rings is 1. The summed E-state index contributed by atoms with van der Waals surface area (Å²) in [5.41, 5.74) is 6.90. The summed E-state index contributed by atoms with van der Waals surface area (Å²) in [4.78, 5) is 0. The molecule has 0 radical (unpaired) electrons. The number of hydrogen-bond acceptors (Lipinski definition) is 2. The number of hydrogen-bond donors (Lipinski definition) is 1. The molecule has 1 rings (SSSR count). The molecular formula is C13H19ClFNO. The lowest BCUT2D eigenvalue weighted by Gasteiger charge is -2.26.